The summed E-state index contributed by atoms with van der Waals surface area (Å²) in [4.78, 5) is 19.1. The zero-order valence-electron chi connectivity index (χ0n) is 9.55. The average molecular weight is 227 g/mol. The van der Waals surface area contributed by atoms with Gasteiger partial charge in [-0.2, -0.15) is 0 Å². The molecule has 4 heteroatoms. The van der Waals surface area contributed by atoms with Gasteiger partial charge in [0, 0.05) is 37.6 Å². The standard InChI is InChI=1S/C13H13N3O/c1-10(17)15-7-11-4-5-13(16-8-11)12-3-2-6-14-9-12/h2-6,8-9H,7H2,1H3,(H,15,17). The van der Waals surface area contributed by atoms with E-state index in [4.69, 9.17) is 0 Å². The maximum atomic E-state index is 10.8. The molecule has 0 bridgehead atoms. The first kappa shape index (κ1) is 11.3. The van der Waals surface area contributed by atoms with Gasteiger partial charge >= 0.3 is 0 Å². The van der Waals surface area contributed by atoms with Crippen molar-refractivity contribution in [1.29, 1.82) is 0 Å². The lowest BCUT2D eigenvalue weighted by Crippen LogP contribution is -2.18. The van der Waals surface area contributed by atoms with E-state index in [1.54, 1.807) is 18.6 Å². The maximum Gasteiger partial charge on any atom is 0.217 e. The Labute approximate surface area is 99.7 Å². The Kier molecular flexibility index (Phi) is 3.45. The van der Waals surface area contributed by atoms with Gasteiger partial charge in [0.05, 0.1) is 5.69 Å². The van der Waals surface area contributed by atoms with Crippen LogP contribution in [0.25, 0.3) is 11.3 Å². The van der Waals surface area contributed by atoms with Gasteiger partial charge in [0.25, 0.3) is 0 Å². The molecule has 0 unspecified atom stereocenters. The highest BCUT2D eigenvalue weighted by Gasteiger charge is 1.99. The highest BCUT2D eigenvalue weighted by molar-refractivity contribution is 5.72. The average Bonchev–Trinajstić information content (AvgIpc) is 2.38. The van der Waals surface area contributed by atoms with E-state index >= 15 is 0 Å². The van der Waals surface area contributed by atoms with Crippen LogP contribution < -0.4 is 5.32 Å². The fourth-order valence-electron chi connectivity index (χ4n) is 1.44. The van der Waals surface area contributed by atoms with Gasteiger partial charge in [-0.1, -0.05) is 6.07 Å². The molecule has 86 valence electrons. The lowest BCUT2D eigenvalue weighted by atomic mass is 10.1. The second-order valence-corrected chi connectivity index (χ2v) is 3.70. The highest BCUT2D eigenvalue weighted by atomic mass is 16.1. The highest BCUT2D eigenvalue weighted by Crippen LogP contribution is 2.14. The van der Waals surface area contributed by atoms with Gasteiger partial charge in [-0.25, -0.2) is 0 Å². The molecule has 2 aromatic heterocycles. The van der Waals surface area contributed by atoms with Gasteiger partial charge < -0.3 is 5.32 Å². The summed E-state index contributed by atoms with van der Waals surface area (Å²) in [5, 5.41) is 2.73. The molecule has 0 radical (unpaired) electrons. The van der Waals surface area contributed by atoms with Crippen molar-refractivity contribution in [2.24, 2.45) is 0 Å². The summed E-state index contributed by atoms with van der Waals surface area (Å²) in [5.74, 6) is -0.0404. The summed E-state index contributed by atoms with van der Waals surface area (Å²) in [6.45, 7) is 2.01. The number of rotatable bonds is 3. The van der Waals surface area contributed by atoms with Gasteiger partial charge in [-0.05, 0) is 23.8 Å². The Hall–Kier alpha value is -2.23. The van der Waals surface area contributed by atoms with Gasteiger partial charge in [0.1, 0.15) is 0 Å². The molecular weight excluding hydrogens is 214 g/mol. The number of aromatic nitrogens is 2. The van der Waals surface area contributed by atoms with Crippen LogP contribution in [0, 0.1) is 0 Å². The number of hydrogen-bond acceptors (Lipinski definition) is 3. The SMILES string of the molecule is CC(=O)NCc1ccc(-c2cccnc2)nc1. The minimum atomic E-state index is -0.0404. The fourth-order valence-corrected chi connectivity index (χ4v) is 1.44. The van der Waals surface area contributed by atoms with Crippen molar-refractivity contribution in [3.05, 3.63) is 48.4 Å². The van der Waals surface area contributed by atoms with Crippen LogP contribution in [0.5, 0.6) is 0 Å². The number of carbonyl (C=O) groups is 1. The number of nitrogens with zero attached hydrogens (tertiary/aromatic N) is 2. The van der Waals surface area contributed by atoms with Crippen molar-refractivity contribution in [3.8, 4) is 11.3 Å². The first-order valence-corrected chi connectivity index (χ1v) is 5.35. The Balaban J connectivity index is 2.11. The molecule has 2 rings (SSSR count). The van der Waals surface area contributed by atoms with Gasteiger partial charge in [-0.15, -0.1) is 0 Å². The monoisotopic (exact) mass is 227 g/mol. The lowest BCUT2D eigenvalue weighted by Gasteiger charge is -2.03. The normalized spacial score (nSPS) is 9.94. The smallest absolute Gasteiger partial charge is 0.217 e. The van der Waals surface area contributed by atoms with Crippen LogP contribution in [0.4, 0.5) is 0 Å². The number of carbonyl (C=O) groups excluding carboxylic acids is 1. The quantitative estimate of drug-likeness (QED) is 0.869. The number of amides is 1. The van der Waals surface area contributed by atoms with Crippen molar-refractivity contribution in [1.82, 2.24) is 15.3 Å². The molecule has 1 N–H and O–H groups in total. The molecule has 0 aliphatic carbocycles. The molecule has 0 saturated heterocycles. The van der Waals surface area contributed by atoms with E-state index in [2.05, 4.69) is 15.3 Å². The maximum absolute atomic E-state index is 10.8. The van der Waals surface area contributed by atoms with Crippen LogP contribution in [0.3, 0.4) is 0 Å². The van der Waals surface area contributed by atoms with Crippen molar-refractivity contribution < 1.29 is 4.79 Å². The Morgan fingerprint density at radius 1 is 1.29 bits per heavy atom. The minimum absolute atomic E-state index is 0.0404. The van der Waals surface area contributed by atoms with E-state index in [9.17, 15) is 4.79 Å². The predicted molar refractivity (Wildman–Crippen MR) is 65.0 cm³/mol. The van der Waals surface area contributed by atoms with E-state index in [-0.39, 0.29) is 5.91 Å². The molecule has 4 nitrogen and oxygen atoms in total. The summed E-state index contributed by atoms with van der Waals surface area (Å²) in [6, 6.07) is 7.71. The molecule has 0 aliphatic rings. The summed E-state index contributed by atoms with van der Waals surface area (Å²) >= 11 is 0. The molecule has 2 aromatic rings. The van der Waals surface area contributed by atoms with Crippen molar-refractivity contribution >= 4 is 5.91 Å². The number of hydrogen-bond donors (Lipinski definition) is 1. The van der Waals surface area contributed by atoms with Gasteiger partial charge in [0.2, 0.25) is 5.91 Å². The lowest BCUT2D eigenvalue weighted by molar-refractivity contribution is -0.119. The summed E-state index contributed by atoms with van der Waals surface area (Å²) in [5.41, 5.74) is 2.84. The Bertz CT molecular complexity index is 494. The molecule has 0 saturated carbocycles. The van der Waals surface area contributed by atoms with E-state index < -0.39 is 0 Å². The third kappa shape index (κ3) is 3.11. The molecule has 1 amide bonds. The third-order valence-corrected chi connectivity index (χ3v) is 2.32. The minimum Gasteiger partial charge on any atom is -0.352 e. The third-order valence-electron chi connectivity index (χ3n) is 2.32. The molecule has 2 heterocycles. The number of nitrogens with one attached hydrogen (secondary N) is 1. The second-order valence-electron chi connectivity index (χ2n) is 3.70. The van der Waals surface area contributed by atoms with E-state index in [1.165, 1.54) is 6.92 Å². The molecule has 17 heavy (non-hydrogen) atoms. The molecule has 0 spiro atoms. The van der Waals surface area contributed by atoms with Crippen LogP contribution in [-0.4, -0.2) is 15.9 Å². The molecule has 0 fully saturated rings. The summed E-state index contributed by atoms with van der Waals surface area (Å²) < 4.78 is 0. The van der Waals surface area contributed by atoms with Crippen LogP contribution in [-0.2, 0) is 11.3 Å². The number of pyridine rings is 2. The topological polar surface area (TPSA) is 54.9 Å². The zero-order chi connectivity index (χ0) is 12.1. The molecule has 0 atom stereocenters. The summed E-state index contributed by atoms with van der Waals surface area (Å²) in [7, 11) is 0. The van der Waals surface area contributed by atoms with E-state index in [0.29, 0.717) is 6.54 Å². The zero-order valence-corrected chi connectivity index (χ0v) is 9.55. The van der Waals surface area contributed by atoms with Crippen LogP contribution in [0.15, 0.2) is 42.9 Å². The first-order chi connectivity index (χ1) is 8.25. The van der Waals surface area contributed by atoms with Crippen LogP contribution in [0.2, 0.25) is 0 Å². The molecular formula is C13H13N3O. The first-order valence-electron chi connectivity index (χ1n) is 5.35. The van der Waals surface area contributed by atoms with Gasteiger partial charge in [-0.3, -0.25) is 14.8 Å². The summed E-state index contributed by atoms with van der Waals surface area (Å²) in [6.07, 6.45) is 5.27. The predicted octanol–water partition coefficient (Wildman–Crippen LogP) is 1.78. The molecule has 0 aliphatic heterocycles. The van der Waals surface area contributed by atoms with Crippen LogP contribution in [0.1, 0.15) is 12.5 Å². The van der Waals surface area contributed by atoms with Crippen molar-refractivity contribution in [2.75, 3.05) is 0 Å². The van der Waals surface area contributed by atoms with Gasteiger partial charge in [0.15, 0.2) is 0 Å². The second kappa shape index (κ2) is 5.21. The van der Waals surface area contributed by atoms with E-state index in [1.807, 2.05) is 24.3 Å². The Morgan fingerprint density at radius 3 is 2.76 bits per heavy atom. The molecule has 0 aromatic carbocycles. The van der Waals surface area contributed by atoms with E-state index in [0.717, 1.165) is 16.8 Å². The van der Waals surface area contributed by atoms with Crippen molar-refractivity contribution in [2.45, 2.75) is 13.5 Å². The Morgan fingerprint density at radius 2 is 2.18 bits per heavy atom. The fraction of sp³-hybridized carbons (Fsp3) is 0.154. The largest absolute Gasteiger partial charge is 0.352 e. The van der Waals surface area contributed by atoms with Crippen LogP contribution >= 0.6 is 0 Å². The van der Waals surface area contributed by atoms with Crippen molar-refractivity contribution in [3.63, 3.8) is 0 Å².